The number of rotatable bonds is 7. The van der Waals surface area contributed by atoms with Crippen molar-refractivity contribution < 1.29 is 9.53 Å². The number of aromatic nitrogens is 2. The second kappa shape index (κ2) is 7.87. The number of benzene rings is 2. The average Bonchev–Trinajstić information content (AvgIpc) is 2.97. The predicted octanol–water partition coefficient (Wildman–Crippen LogP) is 3.62. The minimum Gasteiger partial charge on any atom is -0.492 e. The maximum atomic E-state index is 11.8. The van der Waals surface area contributed by atoms with Crippen LogP contribution >= 0.6 is 0 Å². The monoisotopic (exact) mass is 349 g/mol. The first-order valence-corrected chi connectivity index (χ1v) is 8.62. The van der Waals surface area contributed by atoms with Gasteiger partial charge in [-0.2, -0.15) is 0 Å². The number of nitrogens with zero attached hydrogens (tertiary/aromatic N) is 2. The lowest BCUT2D eigenvalue weighted by Crippen LogP contribution is -2.25. The van der Waals surface area contributed by atoms with Crippen molar-refractivity contribution in [3.63, 3.8) is 0 Å². The molecule has 1 amide bonds. The normalized spacial score (nSPS) is 10.7. The van der Waals surface area contributed by atoms with Gasteiger partial charge in [-0.25, -0.2) is 4.98 Å². The molecule has 0 saturated carbocycles. The smallest absolute Gasteiger partial charge is 0.246 e. The second-order valence-corrected chi connectivity index (χ2v) is 6.30. The summed E-state index contributed by atoms with van der Waals surface area (Å²) in [4.78, 5) is 16.4. The van der Waals surface area contributed by atoms with Gasteiger partial charge >= 0.3 is 0 Å². The first-order chi connectivity index (χ1) is 12.5. The summed E-state index contributed by atoms with van der Waals surface area (Å²) in [5.74, 6) is 1.49. The van der Waals surface area contributed by atoms with Gasteiger partial charge in [0, 0.05) is 5.57 Å². The van der Waals surface area contributed by atoms with Crippen LogP contribution in [-0.2, 0) is 17.9 Å². The van der Waals surface area contributed by atoms with E-state index in [0.29, 0.717) is 25.3 Å². The molecule has 0 fully saturated rings. The van der Waals surface area contributed by atoms with Gasteiger partial charge in [0.15, 0.2) is 0 Å². The lowest BCUT2D eigenvalue weighted by molar-refractivity contribution is -0.117. The van der Waals surface area contributed by atoms with E-state index in [0.717, 1.165) is 22.6 Å². The lowest BCUT2D eigenvalue weighted by Gasteiger charge is -2.12. The number of ether oxygens (including phenoxy) is 1. The van der Waals surface area contributed by atoms with Gasteiger partial charge in [0.25, 0.3) is 0 Å². The third kappa shape index (κ3) is 4.11. The highest BCUT2D eigenvalue weighted by Crippen LogP contribution is 2.17. The van der Waals surface area contributed by atoms with Gasteiger partial charge in [0.05, 0.1) is 24.1 Å². The topological polar surface area (TPSA) is 56.2 Å². The third-order valence-electron chi connectivity index (χ3n) is 4.10. The van der Waals surface area contributed by atoms with E-state index in [1.54, 1.807) is 6.92 Å². The summed E-state index contributed by atoms with van der Waals surface area (Å²) >= 11 is 0. The molecule has 0 aliphatic heterocycles. The average molecular weight is 349 g/mol. The Morgan fingerprint density at radius 3 is 2.81 bits per heavy atom. The summed E-state index contributed by atoms with van der Waals surface area (Å²) < 4.78 is 7.96. The predicted molar refractivity (Wildman–Crippen MR) is 103 cm³/mol. The standard InChI is InChI=1S/C21H23N3O2/c1-15(2)21(25)22-14-20-23-18-9-4-5-10-19(18)24(20)11-12-26-17-8-6-7-16(3)13-17/h4-10,13H,1,11-12,14H2,2-3H3,(H,22,25). The van der Waals surface area contributed by atoms with E-state index in [9.17, 15) is 4.79 Å². The van der Waals surface area contributed by atoms with Crippen molar-refractivity contribution in [1.82, 2.24) is 14.9 Å². The van der Waals surface area contributed by atoms with Crippen LogP contribution in [0.4, 0.5) is 0 Å². The molecule has 26 heavy (non-hydrogen) atoms. The van der Waals surface area contributed by atoms with E-state index in [1.165, 1.54) is 5.56 Å². The molecule has 1 aromatic heterocycles. The first-order valence-electron chi connectivity index (χ1n) is 8.62. The van der Waals surface area contributed by atoms with Crippen molar-refractivity contribution in [3.05, 3.63) is 72.1 Å². The zero-order valence-corrected chi connectivity index (χ0v) is 15.2. The van der Waals surface area contributed by atoms with Crippen LogP contribution in [0, 0.1) is 6.92 Å². The zero-order valence-electron chi connectivity index (χ0n) is 15.2. The molecule has 1 heterocycles. The van der Waals surface area contributed by atoms with Gasteiger partial charge in [-0.15, -0.1) is 0 Å². The molecule has 1 N–H and O–H groups in total. The van der Waals surface area contributed by atoms with Crippen LogP contribution in [0.25, 0.3) is 11.0 Å². The molecule has 5 nitrogen and oxygen atoms in total. The Labute approximate surface area is 153 Å². The molecule has 134 valence electrons. The SMILES string of the molecule is C=C(C)C(=O)NCc1nc2ccccc2n1CCOc1cccc(C)c1. The van der Waals surface area contributed by atoms with Gasteiger partial charge in [-0.05, 0) is 43.7 Å². The molecule has 0 unspecified atom stereocenters. The van der Waals surface area contributed by atoms with E-state index >= 15 is 0 Å². The maximum Gasteiger partial charge on any atom is 0.246 e. The van der Waals surface area contributed by atoms with Gasteiger partial charge in [0.2, 0.25) is 5.91 Å². The Balaban J connectivity index is 1.75. The number of nitrogens with one attached hydrogen (secondary N) is 1. The Bertz CT molecular complexity index is 943. The van der Waals surface area contributed by atoms with Crippen LogP contribution in [-0.4, -0.2) is 22.1 Å². The number of imidazole rings is 1. The summed E-state index contributed by atoms with van der Waals surface area (Å²) in [5, 5.41) is 2.85. The van der Waals surface area contributed by atoms with Crippen LogP contribution < -0.4 is 10.1 Å². The van der Waals surface area contributed by atoms with Crippen molar-refractivity contribution in [2.45, 2.75) is 26.9 Å². The number of aryl methyl sites for hydroxylation is 1. The fourth-order valence-corrected chi connectivity index (χ4v) is 2.78. The van der Waals surface area contributed by atoms with E-state index in [1.807, 2.05) is 55.5 Å². The molecule has 5 heteroatoms. The number of carbonyl (C=O) groups is 1. The highest BCUT2D eigenvalue weighted by molar-refractivity contribution is 5.92. The number of para-hydroxylation sites is 2. The van der Waals surface area contributed by atoms with Crippen LogP contribution in [0.1, 0.15) is 18.3 Å². The Kier molecular flexibility index (Phi) is 5.37. The second-order valence-electron chi connectivity index (χ2n) is 6.30. The molecule has 0 saturated heterocycles. The molecule has 0 spiro atoms. The van der Waals surface area contributed by atoms with E-state index < -0.39 is 0 Å². The molecule has 0 aliphatic carbocycles. The quantitative estimate of drug-likeness (QED) is 0.663. The highest BCUT2D eigenvalue weighted by atomic mass is 16.5. The van der Waals surface area contributed by atoms with E-state index in [4.69, 9.17) is 4.74 Å². The fourth-order valence-electron chi connectivity index (χ4n) is 2.78. The van der Waals surface area contributed by atoms with Gasteiger partial charge < -0.3 is 14.6 Å². The van der Waals surface area contributed by atoms with E-state index in [2.05, 4.69) is 21.4 Å². The number of hydrogen-bond donors (Lipinski definition) is 1. The fraction of sp³-hybridized carbons (Fsp3) is 0.238. The maximum absolute atomic E-state index is 11.8. The van der Waals surface area contributed by atoms with Crippen molar-refractivity contribution in [3.8, 4) is 5.75 Å². The van der Waals surface area contributed by atoms with Crippen molar-refractivity contribution in [2.24, 2.45) is 0 Å². The molecular weight excluding hydrogens is 326 g/mol. The zero-order chi connectivity index (χ0) is 18.5. The summed E-state index contributed by atoms with van der Waals surface area (Å²) in [7, 11) is 0. The molecule has 0 bridgehead atoms. The first kappa shape index (κ1) is 17.7. The Morgan fingerprint density at radius 2 is 2.04 bits per heavy atom. The van der Waals surface area contributed by atoms with E-state index in [-0.39, 0.29) is 5.91 Å². The highest BCUT2D eigenvalue weighted by Gasteiger charge is 2.12. The van der Waals surface area contributed by atoms with Crippen molar-refractivity contribution >= 4 is 16.9 Å². The minimum atomic E-state index is -0.167. The lowest BCUT2D eigenvalue weighted by atomic mass is 10.2. The Morgan fingerprint density at radius 1 is 1.23 bits per heavy atom. The number of amides is 1. The van der Waals surface area contributed by atoms with Crippen molar-refractivity contribution in [2.75, 3.05) is 6.61 Å². The van der Waals surface area contributed by atoms with Gasteiger partial charge in [0.1, 0.15) is 18.2 Å². The third-order valence-corrected chi connectivity index (χ3v) is 4.10. The molecule has 0 atom stereocenters. The number of hydrogen-bond acceptors (Lipinski definition) is 3. The molecule has 0 radical (unpaired) electrons. The van der Waals surface area contributed by atoms with Gasteiger partial charge in [-0.3, -0.25) is 4.79 Å². The molecule has 2 aromatic carbocycles. The number of carbonyl (C=O) groups excluding carboxylic acids is 1. The summed E-state index contributed by atoms with van der Waals surface area (Å²) in [5.41, 5.74) is 3.58. The molecule has 0 aliphatic rings. The van der Waals surface area contributed by atoms with Crippen LogP contribution in [0.3, 0.4) is 0 Å². The number of fused-ring (bicyclic) bond motifs is 1. The van der Waals surface area contributed by atoms with Crippen LogP contribution in [0.2, 0.25) is 0 Å². The largest absolute Gasteiger partial charge is 0.492 e. The summed E-state index contributed by atoms with van der Waals surface area (Å²) in [6.07, 6.45) is 0. The Hall–Kier alpha value is -3.08. The molecule has 3 aromatic rings. The minimum absolute atomic E-state index is 0.167. The van der Waals surface area contributed by atoms with Crippen LogP contribution in [0.5, 0.6) is 5.75 Å². The van der Waals surface area contributed by atoms with Crippen molar-refractivity contribution in [1.29, 1.82) is 0 Å². The summed E-state index contributed by atoms with van der Waals surface area (Å²) in [6.45, 7) is 8.91. The van der Waals surface area contributed by atoms with Crippen LogP contribution in [0.15, 0.2) is 60.7 Å². The molecule has 3 rings (SSSR count). The van der Waals surface area contributed by atoms with Gasteiger partial charge in [-0.1, -0.05) is 30.8 Å². The molecular formula is C21H23N3O2. The summed E-state index contributed by atoms with van der Waals surface area (Å²) in [6, 6.07) is 15.9.